The van der Waals surface area contributed by atoms with E-state index in [0.29, 0.717) is 18.8 Å². The van der Waals surface area contributed by atoms with Crippen molar-refractivity contribution in [2.45, 2.75) is 13.0 Å². The predicted octanol–water partition coefficient (Wildman–Crippen LogP) is 3.98. The van der Waals surface area contributed by atoms with Crippen LogP contribution in [-0.2, 0) is 4.79 Å². The number of carboxylic acids is 1. The number of hydrogen-bond donors (Lipinski definition) is 2. The molecule has 2 aromatic heterocycles. The summed E-state index contributed by atoms with van der Waals surface area (Å²) in [6.45, 7) is 4.83. The Hall–Kier alpha value is -3.58. The van der Waals surface area contributed by atoms with Crippen molar-refractivity contribution >= 4 is 33.6 Å². The molecular weight excluding hydrogens is 404 g/mol. The number of methoxy groups -OCH3 is 1. The number of aryl methyl sites for hydroxylation is 1. The van der Waals surface area contributed by atoms with E-state index < -0.39 is 12.0 Å². The van der Waals surface area contributed by atoms with E-state index in [1.54, 1.807) is 7.11 Å². The third kappa shape index (κ3) is 3.54. The van der Waals surface area contributed by atoms with Crippen LogP contribution in [0.3, 0.4) is 0 Å². The van der Waals surface area contributed by atoms with Gasteiger partial charge in [-0.1, -0.05) is 18.2 Å². The number of ether oxygens (including phenoxy) is 1. The van der Waals surface area contributed by atoms with Crippen molar-refractivity contribution in [1.82, 2.24) is 14.9 Å². The van der Waals surface area contributed by atoms with E-state index >= 15 is 0 Å². The summed E-state index contributed by atoms with van der Waals surface area (Å²) in [5, 5.41) is 12.2. The summed E-state index contributed by atoms with van der Waals surface area (Å²) in [4.78, 5) is 24.7. The molecule has 0 radical (unpaired) electrons. The zero-order valence-electron chi connectivity index (χ0n) is 18.2. The number of hydrogen-bond acceptors (Lipinski definition) is 5. The van der Waals surface area contributed by atoms with Crippen molar-refractivity contribution in [3.63, 3.8) is 0 Å². The molecule has 0 aliphatic carbocycles. The quantitative estimate of drug-likeness (QED) is 0.498. The van der Waals surface area contributed by atoms with Gasteiger partial charge in [-0.2, -0.15) is 0 Å². The molecule has 1 atom stereocenters. The van der Waals surface area contributed by atoms with Crippen molar-refractivity contribution in [1.29, 1.82) is 0 Å². The van der Waals surface area contributed by atoms with Crippen LogP contribution in [0.1, 0.15) is 17.2 Å². The maximum atomic E-state index is 12.3. The molecule has 32 heavy (non-hydrogen) atoms. The van der Waals surface area contributed by atoms with E-state index in [4.69, 9.17) is 9.72 Å². The number of benzene rings is 2. The highest BCUT2D eigenvalue weighted by Gasteiger charge is 2.32. The van der Waals surface area contributed by atoms with E-state index in [0.717, 1.165) is 46.3 Å². The second-order valence-electron chi connectivity index (χ2n) is 8.23. The van der Waals surface area contributed by atoms with E-state index in [1.165, 1.54) is 5.56 Å². The maximum absolute atomic E-state index is 12.3. The fraction of sp³-hybridized carbons (Fsp3) is 0.280. The van der Waals surface area contributed by atoms with Gasteiger partial charge in [0.2, 0.25) is 0 Å². The minimum Gasteiger partial charge on any atom is -0.497 e. The van der Waals surface area contributed by atoms with E-state index in [9.17, 15) is 9.90 Å². The van der Waals surface area contributed by atoms with Gasteiger partial charge in [0, 0.05) is 54.2 Å². The van der Waals surface area contributed by atoms with Gasteiger partial charge in [-0.3, -0.25) is 9.69 Å². The molecule has 7 nitrogen and oxygen atoms in total. The van der Waals surface area contributed by atoms with Crippen LogP contribution >= 0.6 is 0 Å². The molecule has 0 unspecified atom stereocenters. The molecule has 1 aliphatic heterocycles. The number of para-hydroxylation sites is 1. The summed E-state index contributed by atoms with van der Waals surface area (Å²) in [6.07, 6.45) is 1.81. The number of carboxylic acid groups (broad SMARTS) is 1. The minimum absolute atomic E-state index is 0.640. The van der Waals surface area contributed by atoms with Crippen LogP contribution in [0, 0.1) is 6.92 Å². The Morgan fingerprint density at radius 2 is 1.88 bits per heavy atom. The number of aliphatic carboxylic acids is 1. The summed E-state index contributed by atoms with van der Waals surface area (Å²) in [7, 11) is 1.62. The monoisotopic (exact) mass is 430 g/mol. The van der Waals surface area contributed by atoms with Crippen molar-refractivity contribution in [2.75, 3.05) is 38.2 Å². The lowest BCUT2D eigenvalue weighted by atomic mass is 10.0. The molecule has 164 valence electrons. The molecule has 1 fully saturated rings. The van der Waals surface area contributed by atoms with Crippen LogP contribution in [0.15, 0.2) is 54.7 Å². The number of nitrogens with zero attached hydrogens (tertiary/aromatic N) is 3. The van der Waals surface area contributed by atoms with Gasteiger partial charge in [-0.05, 0) is 42.8 Å². The average Bonchev–Trinajstić information content (AvgIpc) is 3.22. The van der Waals surface area contributed by atoms with Gasteiger partial charge in [0.25, 0.3) is 0 Å². The zero-order chi connectivity index (χ0) is 22.2. The molecule has 0 spiro atoms. The third-order valence-electron chi connectivity index (χ3n) is 6.36. The van der Waals surface area contributed by atoms with Crippen molar-refractivity contribution in [3.05, 3.63) is 65.9 Å². The van der Waals surface area contributed by atoms with Crippen LogP contribution in [0.5, 0.6) is 5.75 Å². The fourth-order valence-corrected chi connectivity index (χ4v) is 4.66. The Labute approximate surface area is 186 Å². The summed E-state index contributed by atoms with van der Waals surface area (Å²) in [6, 6.07) is 15.3. The van der Waals surface area contributed by atoms with Crippen molar-refractivity contribution in [2.24, 2.45) is 0 Å². The molecule has 0 amide bonds. The molecule has 0 saturated carbocycles. The van der Waals surface area contributed by atoms with E-state index in [-0.39, 0.29) is 0 Å². The van der Waals surface area contributed by atoms with Crippen LogP contribution < -0.4 is 9.64 Å². The summed E-state index contributed by atoms with van der Waals surface area (Å²) in [5.74, 6) is 0.816. The molecule has 5 rings (SSSR count). The molecule has 1 aliphatic rings. The summed E-state index contributed by atoms with van der Waals surface area (Å²) < 4.78 is 5.35. The number of H-pyrrole nitrogens is 1. The summed E-state index contributed by atoms with van der Waals surface area (Å²) >= 11 is 0. The Kier molecular flexibility index (Phi) is 5.19. The number of aromatic amines is 1. The highest BCUT2D eigenvalue weighted by Crippen LogP contribution is 2.32. The molecule has 2 aromatic carbocycles. The standard InChI is InChI=1S/C25H26N4O3/c1-16-13-23(27-22-6-4-3-5-18(16)22)28-9-11-29(12-10-28)24(25(30)31)20-15-26-21-8-7-17(32-2)14-19(20)21/h3-8,13-15,24,26H,9-12H2,1-2H3,(H,30,31)/t24-/m0/s1. The van der Waals surface area contributed by atoms with Gasteiger partial charge in [0.05, 0.1) is 12.6 Å². The van der Waals surface area contributed by atoms with Gasteiger partial charge >= 0.3 is 5.97 Å². The molecule has 2 N–H and O–H groups in total. The van der Waals surface area contributed by atoms with Crippen molar-refractivity contribution in [3.8, 4) is 5.75 Å². The van der Waals surface area contributed by atoms with E-state index in [2.05, 4.69) is 28.9 Å². The predicted molar refractivity (Wildman–Crippen MR) is 125 cm³/mol. The topological polar surface area (TPSA) is 81.7 Å². The Bertz CT molecular complexity index is 1290. The number of carbonyl (C=O) groups is 1. The lowest BCUT2D eigenvalue weighted by molar-refractivity contribution is -0.143. The highest BCUT2D eigenvalue weighted by molar-refractivity contribution is 5.90. The first-order chi connectivity index (χ1) is 15.5. The first kappa shape index (κ1) is 20.3. The molecular formula is C25H26N4O3. The van der Waals surface area contributed by atoms with Gasteiger partial charge < -0.3 is 19.7 Å². The molecule has 0 bridgehead atoms. The number of piperazine rings is 1. The third-order valence-corrected chi connectivity index (χ3v) is 6.36. The number of aromatic nitrogens is 2. The highest BCUT2D eigenvalue weighted by atomic mass is 16.5. The first-order valence-corrected chi connectivity index (χ1v) is 10.8. The van der Waals surface area contributed by atoms with Gasteiger partial charge in [0.1, 0.15) is 17.6 Å². The van der Waals surface area contributed by atoms with Crippen molar-refractivity contribution < 1.29 is 14.6 Å². The Morgan fingerprint density at radius 1 is 1.09 bits per heavy atom. The second-order valence-corrected chi connectivity index (χ2v) is 8.23. The zero-order valence-corrected chi connectivity index (χ0v) is 18.2. The van der Waals surface area contributed by atoms with Crippen LogP contribution in [0.2, 0.25) is 0 Å². The SMILES string of the molecule is COc1ccc2[nH]cc([C@@H](C(=O)O)N3CCN(c4cc(C)c5ccccc5n4)CC3)c2c1. The van der Waals surface area contributed by atoms with Gasteiger partial charge in [0.15, 0.2) is 0 Å². The molecule has 7 heteroatoms. The van der Waals surface area contributed by atoms with Crippen LogP contribution in [-0.4, -0.2) is 59.2 Å². The number of nitrogens with one attached hydrogen (secondary N) is 1. The lowest BCUT2D eigenvalue weighted by Gasteiger charge is -2.38. The number of rotatable bonds is 5. The van der Waals surface area contributed by atoms with Crippen LogP contribution in [0.25, 0.3) is 21.8 Å². The smallest absolute Gasteiger partial charge is 0.325 e. The van der Waals surface area contributed by atoms with E-state index in [1.807, 2.05) is 47.5 Å². The van der Waals surface area contributed by atoms with Gasteiger partial charge in [-0.15, -0.1) is 0 Å². The number of fused-ring (bicyclic) bond motifs is 2. The number of pyridine rings is 1. The largest absolute Gasteiger partial charge is 0.497 e. The molecule has 4 aromatic rings. The first-order valence-electron chi connectivity index (χ1n) is 10.8. The number of anilines is 1. The minimum atomic E-state index is -0.846. The van der Waals surface area contributed by atoms with Gasteiger partial charge in [-0.25, -0.2) is 4.98 Å². The second kappa shape index (κ2) is 8.16. The average molecular weight is 431 g/mol. The lowest BCUT2D eigenvalue weighted by Crippen LogP contribution is -2.49. The molecule has 3 heterocycles. The van der Waals surface area contributed by atoms with Crippen LogP contribution in [0.4, 0.5) is 5.82 Å². The Balaban J connectivity index is 1.39. The normalized spacial score (nSPS) is 15.9. The maximum Gasteiger partial charge on any atom is 0.325 e. The molecule has 1 saturated heterocycles. The fourth-order valence-electron chi connectivity index (χ4n) is 4.66. The summed E-state index contributed by atoms with van der Waals surface area (Å²) in [5.41, 5.74) is 3.85. The Morgan fingerprint density at radius 3 is 2.62 bits per heavy atom.